The topological polar surface area (TPSA) is 130 Å². The molecule has 11 nitrogen and oxygen atoms in total. The summed E-state index contributed by atoms with van der Waals surface area (Å²) < 4.78 is 11.8. The lowest BCUT2D eigenvalue weighted by Crippen LogP contribution is -2.56. The highest BCUT2D eigenvalue weighted by molar-refractivity contribution is 5.83. The zero-order chi connectivity index (χ0) is 33.8. The van der Waals surface area contributed by atoms with Crippen LogP contribution >= 0.6 is 0 Å². The lowest BCUT2D eigenvalue weighted by atomic mass is 9.89. The Bertz CT molecular complexity index is 1090. The third kappa shape index (κ3) is 9.56. The van der Waals surface area contributed by atoms with Crippen molar-refractivity contribution in [2.24, 2.45) is 22.9 Å². The zero-order valence-corrected chi connectivity index (χ0v) is 29.0. The van der Waals surface area contributed by atoms with E-state index < -0.39 is 30.2 Å². The number of benzene rings is 1. The molecule has 0 bridgehead atoms. The number of nitrogens with zero attached hydrogens (tertiary/aromatic N) is 3. The summed E-state index contributed by atoms with van der Waals surface area (Å²) in [6.45, 7) is 12.3. The molecule has 3 amide bonds. The van der Waals surface area contributed by atoms with Gasteiger partial charge < -0.3 is 29.9 Å². The number of amides is 3. The minimum atomic E-state index is -0.730. The van der Waals surface area contributed by atoms with Crippen LogP contribution in [0, 0.1) is 22.7 Å². The van der Waals surface area contributed by atoms with Gasteiger partial charge >= 0.3 is 0 Å². The van der Waals surface area contributed by atoms with E-state index in [1.165, 1.54) is 0 Å². The zero-order valence-electron chi connectivity index (χ0n) is 29.0. The number of ether oxygens (including phenoxy) is 2. The van der Waals surface area contributed by atoms with E-state index >= 15 is 0 Å². The van der Waals surface area contributed by atoms with Crippen molar-refractivity contribution in [3.05, 3.63) is 40.8 Å². The summed E-state index contributed by atoms with van der Waals surface area (Å²) in [4.78, 5) is 56.1. The normalized spacial score (nSPS) is 20.4. The molecule has 45 heavy (non-hydrogen) atoms. The Kier molecular flexibility index (Phi) is 15.6. The van der Waals surface area contributed by atoms with E-state index in [0.717, 1.165) is 18.4 Å². The van der Waals surface area contributed by atoms with Crippen molar-refractivity contribution in [2.75, 3.05) is 34.9 Å². The van der Waals surface area contributed by atoms with Gasteiger partial charge in [0.05, 0.1) is 48.7 Å². The number of nitrogens with one attached hydrogen (secondary N) is 2. The quantitative estimate of drug-likeness (QED) is 0.233. The van der Waals surface area contributed by atoms with Crippen LogP contribution in [0.4, 0.5) is 0 Å². The maximum absolute atomic E-state index is 13.9. The van der Waals surface area contributed by atoms with E-state index in [9.17, 15) is 19.3 Å². The third-order valence-corrected chi connectivity index (χ3v) is 9.60. The van der Waals surface area contributed by atoms with Gasteiger partial charge in [-0.05, 0) is 44.2 Å². The van der Waals surface area contributed by atoms with Crippen LogP contribution in [0.5, 0.6) is 0 Å². The number of likely N-dealkylation sites (tertiary alicyclic amines) is 1. The minimum Gasteiger partial charge on any atom is -0.379 e. The van der Waals surface area contributed by atoms with Gasteiger partial charge in [-0.2, -0.15) is 4.91 Å². The Hall–Kier alpha value is -2.89. The standard InChI is InChI=1S/C34H57N5O6/c1-11-22(4)31(38(8)34(42)29(35-7)21(2)3)27(44-9)20-28(40)39-19-15-18-26(39)32(45-10)23(5)33(41)36-24(6)30(37-43)25-16-13-12-14-17-25/h12-14,16-17,21-24,26-27,29-32,35H,11,15,18-20H2,1-10H3,(H,36,41)/t22?,23?,24?,26?,27?,29-,30?,31?,32?/m0/s1. The first-order valence-electron chi connectivity index (χ1n) is 16.3. The number of likely N-dealkylation sites (N-methyl/N-ethyl adjacent to an activating group) is 2. The largest absolute Gasteiger partial charge is 0.379 e. The van der Waals surface area contributed by atoms with E-state index in [4.69, 9.17) is 9.47 Å². The summed E-state index contributed by atoms with van der Waals surface area (Å²) >= 11 is 0. The monoisotopic (exact) mass is 631 g/mol. The summed E-state index contributed by atoms with van der Waals surface area (Å²) in [5, 5.41) is 9.36. The summed E-state index contributed by atoms with van der Waals surface area (Å²) in [6.07, 6.45) is 1.33. The molecule has 0 saturated carbocycles. The van der Waals surface area contributed by atoms with Gasteiger partial charge in [-0.3, -0.25) is 14.4 Å². The predicted octanol–water partition coefficient (Wildman–Crippen LogP) is 4.16. The molecule has 1 aliphatic rings. The number of hydrogen-bond acceptors (Lipinski definition) is 8. The van der Waals surface area contributed by atoms with Gasteiger partial charge in [0.25, 0.3) is 0 Å². The molecule has 0 spiro atoms. The Morgan fingerprint density at radius 1 is 1.07 bits per heavy atom. The van der Waals surface area contributed by atoms with E-state index in [1.54, 1.807) is 47.1 Å². The molecule has 1 aliphatic heterocycles. The van der Waals surface area contributed by atoms with Crippen LogP contribution in [0.25, 0.3) is 0 Å². The molecule has 1 aromatic carbocycles. The van der Waals surface area contributed by atoms with E-state index in [2.05, 4.69) is 29.7 Å². The molecule has 8 unspecified atom stereocenters. The van der Waals surface area contributed by atoms with Crippen LogP contribution in [-0.2, 0) is 23.9 Å². The first-order valence-corrected chi connectivity index (χ1v) is 16.3. The first kappa shape index (κ1) is 38.3. The lowest BCUT2D eigenvalue weighted by Gasteiger charge is -2.40. The molecule has 1 heterocycles. The molecule has 1 saturated heterocycles. The number of carbonyl (C=O) groups excluding carboxylic acids is 3. The second-order valence-corrected chi connectivity index (χ2v) is 12.9. The fourth-order valence-corrected chi connectivity index (χ4v) is 6.79. The van der Waals surface area contributed by atoms with Crippen LogP contribution < -0.4 is 10.6 Å². The Labute approximate surface area is 270 Å². The van der Waals surface area contributed by atoms with Crippen LogP contribution in [-0.4, -0.2) is 98.8 Å². The Balaban J connectivity index is 2.21. The molecule has 0 radical (unpaired) electrons. The van der Waals surface area contributed by atoms with E-state index in [0.29, 0.717) is 13.0 Å². The molecule has 1 aromatic rings. The Morgan fingerprint density at radius 2 is 1.71 bits per heavy atom. The highest BCUT2D eigenvalue weighted by Crippen LogP contribution is 2.30. The van der Waals surface area contributed by atoms with Crippen molar-refractivity contribution in [1.29, 1.82) is 0 Å². The molecule has 11 heteroatoms. The lowest BCUT2D eigenvalue weighted by molar-refractivity contribution is -0.147. The number of nitroso groups, excluding NO2 is 1. The van der Waals surface area contributed by atoms with Gasteiger partial charge in [0.15, 0.2) is 0 Å². The fraction of sp³-hybridized carbons (Fsp3) is 0.735. The minimum absolute atomic E-state index is 0.0286. The van der Waals surface area contributed by atoms with Crippen molar-refractivity contribution in [2.45, 2.75) is 110 Å². The first-order chi connectivity index (χ1) is 21.4. The molecule has 2 rings (SSSR count). The molecule has 1 fully saturated rings. The molecule has 0 aliphatic carbocycles. The van der Waals surface area contributed by atoms with Crippen molar-refractivity contribution in [3.63, 3.8) is 0 Å². The number of carbonyl (C=O) groups is 3. The average Bonchev–Trinajstić information content (AvgIpc) is 3.51. The van der Waals surface area contributed by atoms with Gasteiger partial charge in [0.2, 0.25) is 17.7 Å². The smallest absolute Gasteiger partial charge is 0.240 e. The van der Waals surface area contributed by atoms with Crippen LogP contribution in [0.15, 0.2) is 35.5 Å². The van der Waals surface area contributed by atoms with Crippen LogP contribution in [0.1, 0.15) is 78.8 Å². The van der Waals surface area contributed by atoms with E-state index in [-0.39, 0.29) is 54.1 Å². The van der Waals surface area contributed by atoms with Crippen molar-refractivity contribution in [3.8, 4) is 0 Å². The molecule has 0 aromatic heterocycles. The highest BCUT2D eigenvalue weighted by Gasteiger charge is 2.42. The fourth-order valence-electron chi connectivity index (χ4n) is 6.79. The molecular formula is C34H57N5O6. The number of hydrogen-bond donors (Lipinski definition) is 2. The summed E-state index contributed by atoms with van der Waals surface area (Å²) in [6, 6.07) is 6.93. The van der Waals surface area contributed by atoms with Crippen molar-refractivity contribution >= 4 is 17.7 Å². The van der Waals surface area contributed by atoms with Gasteiger partial charge in [-0.25, -0.2) is 0 Å². The SMILES string of the molecule is CCC(C)C(C(CC(=O)N1CCCC1C(OC)C(C)C(=O)NC(C)C(N=O)c1ccccc1)OC)N(C)C(=O)[C@@H](NC)C(C)C. The number of rotatable bonds is 18. The molecular weight excluding hydrogens is 574 g/mol. The maximum atomic E-state index is 13.9. The molecule has 254 valence electrons. The second kappa shape index (κ2) is 18.3. The van der Waals surface area contributed by atoms with Crippen molar-refractivity contribution < 1.29 is 23.9 Å². The third-order valence-electron chi connectivity index (χ3n) is 9.60. The summed E-state index contributed by atoms with van der Waals surface area (Å²) in [7, 11) is 6.73. The average molecular weight is 632 g/mol. The van der Waals surface area contributed by atoms with Crippen LogP contribution in [0.2, 0.25) is 0 Å². The maximum Gasteiger partial charge on any atom is 0.240 e. The highest BCUT2D eigenvalue weighted by atomic mass is 16.5. The van der Waals surface area contributed by atoms with Gasteiger partial charge in [-0.15, -0.1) is 0 Å². The van der Waals surface area contributed by atoms with E-state index in [1.807, 2.05) is 49.1 Å². The van der Waals surface area contributed by atoms with Gasteiger partial charge in [-0.1, -0.05) is 76.5 Å². The summed E-state index contributed by atoms with van der Waals surface area (Å²) in [5.41, 5.74) is 0.727. The van der Waals surface area contributed by atoms with Gasteiger partial charge in [0, 0.05) is 27.8 Å². The van der Waals surface area contributed by atoms with Crippen molar-refractivity contribution in [1.82, 2.24) is 20.4 Å². The Morgan fingerprint density at radius 3 is 2.22 bits per heavy atom. The molecule has 2 N–H and O–H groups in total. The predicted molar refractivity (Wildman–Crippen MR) is 176 cm³/mol. The van der Waals surface area contributed by atoms with Crippen LogP contribution in [0.3, 0.4) is 0 Å². The molecule has 9 atom stereocenters. The second-order valence-electron chi connectivity index (χ2n) is 12.9. The van der Waals surface area contributed by atoms with Gasteiger partial charge in [0.1, 0.15) is 6.04 Å². The summed E-state index contributed by atoms with van der Waals surface area (Å²) in [5.74, 6) is -0.794. The number of methoxy groups -OCH3 is 2.